The largest absolute Gasteiger partial charge is 0.302 e. The SMILES string of the molecule is C=CCN(CC=C)CCCNC(C)C#N. The Kier molecular flexibility index (Phi) is 8.75. The molecule has 0 aromatic heterocycles. The van der Waals surface area contributed by atoms with Gasteiger partial charge in [-0.1, -0.05) is 12.2 Å². The molecule has 0 rings (SSSR count). The number of hydrogen-bond donors (Lipinski definition) is 1. The Morgan fingerprint density at radius 2 is 2.00 bits per heavy atom. The number of nitriles is 1. The van der Waals surface area contributed by atoms with Crippen molar-refractivity contribution in [1.82, 2.24) is 10.2 Å². The van der Waals surface area contributed by atoms with Crippen molar-refractivity contribution in [3.05, 3.63) is 25.3 Å². The fourth-order valence-corrected chi connectivity index (χ4v) is 1.29. The minimum Gasteiger partial charge on any atom is -0.302 e. The van der Waals surface area contributed by atoms with Gasteiger partial charge in [-0.15, -0.1) is 13.2 Å². The van der Waals surface area contributed by atoms with E-state index in [4.69, 9.17) is 5.26 Å². The third-order valence-electron chi connectivity index (χ3n) is 2.07. The molecule has 0 fully saturated rings. The predicted octanol–water partition coefficient (Wildman–Crippen LogP) is 1.55. The van der Waals surface area contributed by atoms with Gasteiger partial charge in [0.25, 0.3) is 0 Å². The van der Waals surface area contributed by atoms with E-state index in [9.17, 15) is 0 Å². The number of rotatable bonds is 9. The van der Waals surface area contributed by atoms with Crippen molar-refractivity contribution in [3.8, 4) is 6.07 Å². The summed E-state index contributed by atoms with van der Waals surface area (Å²) in [5, 5.41) is 11.7. The summed E-state index contributed by atoms with van der Waals surface area (Å²) in [7, 11) is 0. The molecule has 0 bridgehead atoms. The van der Waals surface area contributed by atoms with Crippen molar-refractivity contribution in [1.29, 1.82) is 5.26 Å². The monoisotopic (exact) mass is 207 g/mol. The summed E-state index contributed by atoms with van der Waals surface area (Å²) in [4.78, 5) is 2.26. The van der Waals surface area contributed by atoms with Crippen LogP contribution < -0.4 is 5.32 Å². The van der Waals surface area contributed by atoms with Gasteiger partial charge in [0.1, 0.15) is 0 Å². The Balaban J connectivity index is 3.57. The second-order valence-corrected chi connectivity index (χ2v) is 3.50. The molecule has 1 atom stereocenters. The zero-order valence-electron chi connectivity index (χ0n) is 9.58. The first-order chi connectivity index (χ1) is 7.24. The molecule has 1 unspecified atom stereocenters. The minimum atomic E-state index is -0.0581. The maximum absolute atomic E-state index is 8.56. The maximum Gasteiger partial charge on any atom is 0.0924 e. The second kappa shape index (κ2) is 9.45. The first-order valence-electron chi connectivity index (χ1n) is 5.31. The first kappa shape index (κ1) is 13.9. The van der Waals surface area contributed by atoms with Gasteiger partial charge in [0.15, 0.2) is 0 Å². The normalized spacial score (nSPS) is 12.1. The minimum absolute atomic E-state index is 0.0581. The van der Waals surface area contributed by atoms with Gasteiger partial charge >= 0.3 is 0 Å². The topological polar surface area (TPSA) is 39.1 Å². The molecular weight excluding hydrogens is 186 g/mol. The van der Waals surface area contributed by atoms with Crippen LogP contribution in [0.5, 0.6) is 0 Å². The Bertz CT molecular complexity index is 207. The summed E-state index contributed by atoms with van der Waals surface area (Å²) in [5.74, 6) is 0. The van der Waals surface area contributed by atoms with E-state index in [2.05, 4.69) is 29.4 Å². The van der Waals surface area contributed by atoms with E-state index in [1.54, 1.807) is 0 Å². The van der Waals surface area contributed by atoms with Gasteiger partial charge in [0, 0.05) is 13.1 Å². The summed E-state index contributed by atoms with van der Waals surface area (Å²) in [6.45, 7) is 13.0. The summed E-state index contributed by atoms with van der Waals surface area (Å²) < 4.78 is 0. The van der Waals surface area contributed by atoms with Crippen molar-refractivity contribution in [2.45, 2.75) is 19.4 Å². The molecule has 1 N–H and O–H groups in total. The molecule has 0 saturated heterocycles. The van der Waals surface area contributed by atoms with Crippen LogP contribution in [0.3, 0.4) is 0 Å². The van der Waals surface area contributed by atoms with Gasteiger partial charge < -0.3 is 5.32 Å². The standard InChI is InChI=1S/C12H21N3/c1-4-8-15(9-5-2)10-6-7-14-12(3)11-13/h4-5,12,14H,1-2,6-10H2,3H3. The molecule has 3 nitrogen and oxygen atoms in total. The van der Waals surface area contributed by atoms with Crippen LogP contribution >= 0.6 is 0 Å². The van der Waals surface area contributed by atoms with Crippen LogP contribution in [0.2, 0.25) is 0 Å². The molecule has 0 radical (unpaired) electrons. The molecule has 0 aromatic rings. The van der Waals surface area contributed by atoms with Crippen LogP contribution in [0.15, 0.2) is 25.3 Å². The summed E-state index contributed by atoms with van der Waals surface area (Å²) in [6, 6.07) is 2.09. The molecular formula is C12H21N3. The lowest BCUT2D eigenvalue weighted by molar-refractivity contribution is 0.327. The molecule has 0 spiro atoms. The van der Waals surface area contributed by atoms with Crippen LogP contribution in [0.25, 0.3) is 0 Å². The highest BCUT2D eigenvalue weighted by Gasteiger charge is 2.01. The number of hydrogen-bond acceptors (Lipinski definition) is 3. The third kappa shape index (κ3) is 7.92. The van der Waals surface area contributed by atoms with E-state index in [1.807, 2.05) is 19.1 Å². The molecule has 0 aliphatic rings. The summed E-state index contributed by atoms with van der Waals surface area (Å²) in [5.41, 5.74) is 0. The second-order valence-electron chi connectivity index (χ2n) is 3.50. The van der Waals surface area contributed by atoms with E-state index in [0.717, 1.165) is 32.6 Å². The van der Waals surface area contributed by atoms with Gasteiger partial charge in [0.2, 0.25) is 0 Å². The van der Waals surface area contributed by atoms with Gasteiger partial charge in [-0.05, 0) is 26.4 Å². The first-order valence-corrected chi connectivity index (χ1v) is 5.31. The molecule has 0 amide bonds. The van der Waals surface area contributed by atoms with Crippen LogP contribution in [0.4, 0.5) is 0 Å². The molecule has 0 heterocycles. The van der Waals surface area contributed by atoms with Crippen molar-refractivity contribution < 1.29 is 0 Å². The molecule has 0 aromatic carbocycles. The fourth-order valence-electron chi connectivity index (χ4n) is 1.29. The van der Waals surface area contributed by atoms with Crippen molar-refractivity contribution >= 4 is 0 Å². The molecule has 84 valence electrons. The van der Waals surface area contributed by atoms with Gasteiger partial charge in [0.05, 0.1) is 12.1 Å². The summed E-state index contributed by atoms with van der Waals surface area (Å²) in [6.07, 6.45) is 4.83. The predicted molar refractivity (Wildman–Crippen MR) is 64.5 cm³/mol. The average Bonchev–Trinajstić information content (AvgIpc) is 2.24. The Morgan fingerprint density at radius 1 is 1.40 bits per heavy atom. The van der Waals surface area contributed by atoms with Crippen molar-refractivity contribution in [2.75, 3.05) is 26.2 Å². The van der Waals surface area contributed by atoms with Gasteiger partial charge in [-0.2, -0.15) is 5.26 Å². The number of nitrogens with zero attached hydrogens (tertiary/aromatic N) is 2. The lowest BCUT2D eigenvalue weighted by atomic mass is 10.3. The zero-order chi connectivity index (χ0) is 11.5. The van der Waals surface area contributed by atoms with Crippen LogP contribution in [0.1, 0.15) is 13.3 Å². The van der Waals surface area contributed by atoms with Crippen molar-refractivity contribution in [2.24, 2.45) is 0 Å². The fraction of sp³-hybridized carbons (Fsp3) is 0.583. The zero-order valence-corrected chi connectivity index (χ0v) is 9.58. The average molecular weight is 207 g/mol. The van der Waals surface area contributed by atoms with Crippen molar-refractivity contribution in [3.63, 3.8) is 0 Å². The van der Waals surface area contributed by atoms with E-state index in [0.29, 0.717) is 0 Å². The van der Waals surface area contributed by atoms with Crippen LogP contribution in [-0.2, 0) is 0 Å². The molecule has 0 aliphatic heterocycles. The highest BCUT2D eigenvalue weighted by Crippen LogP contribution is 1.92. The van der Waals surface area contributed by atoms with E-state index in [1.165, 1.54) is 0 Å². The van der Waals surface area contributed by atoms with Crippen LogP contribution in [-0.4, -0.2) is 37.1 Å². The third-order valence-corrected chi connectivity index (χ3v) is 2.07. The quantitative estimate of drug-likeness (QED) is 0.460. The molecule has 0 saturated carbocycles. The lowest BCUT2D eigenvalue weighted by Gasteiger charge is -2.18. The number of nitrogens with one attached hydrogen (secondary N) is 1. The molecule has 3 heteroatoms. The van der Waals surface area contributed by atoms with E-state index in [-0.39, 0.29) is 6.04 Å². The Labute approximate surface area is 93.1 Å². The smallest absolute Gasteiger partial charge is 0.0924 e. The Hall–Kier alpha value is -1.11. The molecule has 15 heavy (non-hydrogen) atoms. The van der Waals surface area contributed by atoms with Gasteiger partial charge in [-0.3, -0.25) is 4.90 Å². The van der Waals surface area contributed by atoms with E-state index >= 15 is 0 Å². The highest BCUT2D eigenvalue weighted by atomic mass is 15.1. The lowest BCUT2D eigenvalue weighted by Crippen LogP contribution is -2.30. The van der Waals surface area contributed by atoms with Gasteiger partial charge in [-0.25, -0.2) is 0 Å². The maximum atomic E-state index is 8.56. The highest BCUT2D eigenvalue weighted by molar-refractivity contribution is 4.85. The van der Waals surface area contributed by atoms with E-state index < -0.39 is 0 Å². The Morgan fingerprint density at radius 3 is 2.47 bits per heavy atom. The summed E-state index contributed by atoms with van der Waals surface area (Å²) >= 11 is 0. The van der Waals surface area contributed by atoms with Crippen LogP contribution in [0, 0.1) is 11.3 Å². The molecule has 0 aliphatic carbocycles.